The minimum Gasteiger partial charge on any atom is -0.489 e. The molecule has 170 valence electrons. The second-order valence-corrected chi connectivity index (χ2v) is 8.11. The highest BCUT2D eigenvalue weighted by atomic mass is 16.5. The Morgan fingerprint density at radius 1 is 0.971 bits per heavy atom. The molecule has 0 aliphatic carbocycles. The summed E-state index contributed by atoms with van der Waals surface area (Å²) in [6.07, 6.45) is 1.49. The number of carbonyl (C=O) groups is 1. The Balaban J connectivity index is 1.38. The van der Waals surface area contributed by atoms with Crippen molar-refractivity contribution in [1.29, 1.82) is 0 Å². The maximum atomic E-state index is 13.3. The first kappa shape index (κ1) is 21.5. The minimum atomic E-state index is -0.405. The van der Waals surface area contributed by atoms with Crippen LogP contribution in [0.4, 0.5) is 5.95 Å². The van der Waals surface area contributed by atoms with E-state index in [1.807, 2.05) is 91.9 Å². The van der Waals surface area contributed by atoms with Gasteiger partial charge in [-0.3, -0.25) is 4.79 Å². The maximum Gasteiger partial charge on any atom is 0.251 e. The number of aromatic nitrogens is 3. The summed E-state index contributed by atoms with van der Waals surface area (Å²) in [6.45, 7) is 2.83. The van der Waals surface area contributed by atoms with Gasteiger partial charge in [0.05, 0.1) is 5.57 Å². The number of nitrogens with one attached hydrogen (secondary N) is 2. The van der Waals surface area contributed by atoms with Crippen LogP contribution in [0.1, 0.15) is 29.7 Å². The van der Waals surface area contributed by atoms with Gasteiger partial charge < -0.3 is 15.4 Å². The number of fused-ring (bicyclic) bond motifs is 1. The highest BCUT2D eigenvalue weighted by Crippen LogP contribution is 2.35. The van der Waals surface area contributed by atoms with Gasteiger partial charge in [0, 0.05) is 12.2 Å². The van der Waals surface area contributed by atoms with Crippen molar-refractivity contribution >= 4 is 11.9 Å². The quantitative estimate of drug-likeness (QED) is 0.434. The third-order valence-corrected chi connectivity index (χ3v) is 5.78. The van der Waals surface area contributed by atoms with E-state index in [-0.39, 0.29) is 5.91 Å². The second kappa shape index (κ2) is 9.62. The Morgan fingerprint density at radius 2 is 1.65 bits per heavy atom. The molecule has 0 saturated carbocycles. The summed E-state index contributed by atoms with van der Waals surface area (Å²) in [5, 5.41) is 10.6. The van der Waals surface area contributed by atoms with Crippen LogP contribution < -0.4 is 15.4 Å². The lowest BCUT2D eigenvalue weighted by Crippen LogP contribution is -2.34. The van der Waals surface area contributed by atoms with E-state index in [1.165, 1.54) is 6.33 Å². The van der Waals surface area contributed by atoms with Crippen molar-refractivity contribution < 1.29 is 9.53 Å². The fraction of sp³-hybridized carbons (Fsp3) is 0.148. The summed E-state index contributed by atoms with van der Waals surface area (Å²) in [7, 11) is 0. The molecule has 1 amide bonds. The molecule has 0 spiro atoms. The summed E-state index contributed by atoms with van der Waals surface area (Å²) in [5.74, 6) is 1.21. The van der Waals surface area contributed by atoms with E-state index in [0.29, 0.717) is 24.7 Å². The van der Waals surface area contributed by atoms with Crippen molar-refractivity contribution in [3.63, 3.8) is 0 Å². The number of hydrogen-bond acceptors (Lipinski definition) is 5. The Morgan fingerprint density at radius 3 is 2.35 bits per heavy atom. The number of allylic oxidation sites excluding steroid dienone is 1. The zero-order valence-corrected chi connectivity index (χ0v) is 18.8. The molecule has 2 heterocycles. The van der Waals surface area contributed by atoms with E-state index in [2.05, 4.69) is 20.7 Å². The SMILES string of the molecule is CC1=C(C(=O)NCc2ccccc2)C(c2ccc(OCc3ccccc3)cc2)n2ncnc2N1. The molecule has 0 bridgehead atoms. The molecule has 1 aromatic heterocycles. The van der Waals surface area contributed by atoms with Gasteiger partial charge in [-0.25, -0.2) is 4.68 Å². The normalized spacial score (nSPS) is 14.8. The molecule has 1 aliphatic rings. The topological polar surface area (TPSA) is 81.1 Å². The van der Waals surface area contributed by atoms with E-state index < -0.39 is 6.04 Å². The largest absolute Gasteiger partial charge is 0.489 e. The molecule has 1 unspecified atom stereocenters. The third kappa shape index (κ3) is 4.54. The number of nitrogens with zero attached hydrogens (tertiary/aromatic N) is 3. The molecule has 7 heteroatoms. The van der Waals surface area contributed by atoms with Crippen molar-refractivity contribution in [1.82, 2.24) is 20.1 Å². The zero-order chi connectivity index (χ0) is 23.3. The smallest absolute Gasteiger partial charge is 0.251 e. The Hall–Kier alpha value is -4.39. The number of ether oxygens (including phenoxy) is 1. The number of benzene rings is 3. The van der Waals surface area contributed by atoms with Crippen LogP contribution in [0.3, 0.4) is 0 Å². The molecule has 5 rings (SSSR count). The first-order chi connectivity index (χ1) is 16.7. The highest BCUT2D eigenvalue weighted by molar-refractivity contribution is 5.96. The van der Waals surface area contributed by atoms with E-state index in [1.54, 1.807) is 4.68 Å². The molecule has 0 radical (unpaired) electrons. The molecule has 34 heavy (non-hydrogen) atoms. The van der Waals surface area contributed by atoms with Crippen LogP contribution in [0.2, 0.25) is 0 Å². The number of rotatable bonds is 7. The molecule has 3 aromatic carbocycles. The van der Waals surface area contributed by atoms with Gasteiger partial charge in [0.1, 0.15) is 24.7 Å². The fourth-order valence-corrected chi connectivity index (χ4v) is 4.05. The van der Waals surface area contributed by atoms with Gasteiger partial charge in [0.2, 0.25) is 5.95 Å². The van der Waals surface area contributed by atoms with Crippen LogP contribution in [0.25, 0.3) is 0 Å². The summed E-state index contributed by atoms with van der Waals surface area (Å²) >= 11 is 0. The van der Waals surface area contributed by atoms with Crippen molar-refractivity contribution in [2.75, 3.05) is 5.32 Å². The first-order valence-corrected chi connectivity index (χ1v) is 11.1. The van der Waals surface area contributed by atoms with Gasteiger partial charge in [-0.2, -0.15) is 10.1 Å². The van der Waals surface area contributed by atoms with Crippen molar-refractivity contribution in [2.24, 2.45) is 0 Å². The van der Waals surface area contributed by atoms with E-state index >= 15 is 0 Å². The van der Waals surface area contributed by atoms with Crippen molar-refractivity contribution in [3.05, 3.63) is 119 Å². The standard InChI is InChI=1S/C27H25N5O2/c1-19-24(26(33)28-16-20-8-4-2-5-9-20)25(32-27(31-19)29-18-30-32)22-12-14-23(15-13-22)34-17-21-10-6-3-7-11-21/h2-15,18,25H,16-17H2,1H3,(H,28,33)(H,29,30,31). The van der Waals surface area contributed by atoms with Gasteiger partial charge >= 0.3 is 0 Å². The number of amides is 1. The molecular weight excluding hydrogens is 426 g/mol. The summed E-state index contributed by atoms with van der Waals surface area (Å²) in [4.78, 5) is 17.6. The third-order valence-electron chi connectivity index (χ3n) is 5.78. The van der Waals surface area contributed by atoms with Gasteiger partial charge in [-0.15, -0.1) is 0 Å². The number of hydrogen-bond donors (Lipinski definition) is 2. The maximum absolute atomic E-state index is 13.3. The predicted octanol–water partition coefficient (Wildman–Crippen LogP) is 4.46. The van der Waals surface area contributed by atoms with Gasteiger partial charge in [-0.05, 0) is 35.7 Å². The average Bonchev–Trinajstić information content (AvgIpc) is 3.35. The Labute approximate surface area is 198 Å². The van der Waals surface area contributed by atoms with Crippen LogP contribution in [0.5, 0.6) is 5.75 Å². The first-order valence-electron chi connectivity index (χ1n) is 11.1. The van der Waals surface area contributed by atoms with Gasteiger partial charge in [0.25, 0.3) is 5.91 Å². The van der Waals surface area contributed by atoms with E-state index in [9.17, 15) is 4.79 Å². The van der Waals surface area contributed by atoms with Crippen molar-refractivity contribution in [2.45, 2.75) is 26.1 Å². The molecule has 1 aliphatic heterocycles. The van der Waals surface area contributed by atoms with Crippen LogP contribution in [-0.4, -0.2) is 20.7 Å². The molecule has 7 nitrogen and oxygen atoms in total. The van der Waals surface area contributed by atoms with Gasteiger partial charge in [0.15, 0.2) is 0 Å². The van der Waals surface area contributed by atoms with E-state index in [4.69, 9.17) is 4.74 Å². The highest BCUT2D eigenvalue weighted by Gasteiger charge is 2.33. The van der Waals surface area contributed by atoms with E-state index in [0.717, 1.165) is 28.1 Å². The number of anilines is 1. The zero-order valence-electron chi connectivity index (χ0n) is 18.8. The van der Waals surface area contributed by atoms with Crippen LogP contribution in [-0.2, 0) is 17.9 Å². The molecule has 1 atom stereocenters. The predicted molar refractivity (Wildman–Crippen MR) is 130 cm³/mol. The summed E-state index contributed by atoms with van der Waals surface area (Å²) in [6, 6.07) is 27.3. The minimum absolute atomic E-state index is 0.149. The van der Waals surface area contributed by atoms with Crippen molar-refractivity contribution in [3.8, 4) is 5.75 Å². The molecular formula is C27H25N5O2. The molecule has 0 fully saturated rings. The fourth-order valence-electron chi connectivity index (χ4n) is 4.05. The Kier molecular flexibility index (Phi) is 6.07. The molecule has 0 saturated heterocycles. The monoisotopic (exact) mass is 451 g/mol. The second-order valence-electron chi connectivity index (χ2n) is 8.11. The summed E-state index contributed by atoms with van der Waals surface area (Å²) < 4.78 is 7.67. The lowest BCUT2D eigenvalue weighted by Gasteiger charge is -2.28. The molecule has 2 N–H and O–H groups in total. The van der Waals surface area contributed by atoms with Crippen LogP contribution in [0, 0.1) is 0 Å². The van der Waals surface area contributed by atoms with Crippen LogP contribution >= 0.6 is 0 Å². The van der Waals surface area contributed by atoms with Crippen LogP contribution in [0.15, 0.2) is 103 Å². The number of carbonyl (C=O) groups excluding carboxylic acids is 1. The molecule has 4 aromatic rings. The summed E-state index contributed by atoms with van der Waals surface area (Å²) in [5.41, 5.74) is 4.42. The Bertz CT molecular complexity index is 1300. The average molecular weight is 452 g/mol. The lowest BCUT2D eigenvalue weighted by molar-refractivity contribution is -0.118. The van der Waals surface area contributed by atoms with Gasteiger partial charge in [-0.1, -0.05) is 72.8 Å². The lowest BCUT2D eigenvalue weighted by atomic mass is 9.95.